The Morgan fingerprint density at radius 3 is 2.81 bits per heavy atom. The van der Waals surface area contributed by atoms with Gasteiger partial charge in [0.25, 0.3) is 0 Å². The SMILES string of the molecule is CCCNC(=O)C(C)N1CC(C(=O)O)Cc2ccccc21. The highest BCUT2D eigenvalue weighted by atomic mass is 16.4. The number of rotatable bonds is 5. The van der Waals surface area contributed by atoms with Crippen LogP contribution in [0.3, 0.4) is 0 Å². The topological polar surface area (TPSA) is 69.6 Å². The first kappa shape index (κ1) is 15.4. The molecule has 114 valence electrons. The molecule has 5 heteroatoms. The number of hydrogen-bond donors (Lipinski definition) is 2. The molecule has 0 radical (unpaired) electrons. The number of aliphatic carboxylic acids is 1. The van der Waals surface area contributed by atoms with E-state index in [4.69, 9.17) is 0 Å². The minimum Gasteiger partial charge on any atom is -0.481 e. The van der Waals surface area contributed by atoms with Crippen LogP contribution >= 0.6 is 0 Å². The molecular weight excluding hydrogens is 268 g/mol. The molecule has 2 unspecified atom stereocenters. The van der Waals surface area contributed by atoms with E-state index in [0.717, 1.165) is 17.7 Å². The van der Waals surface area contributed by atoms with Crippen molar-refractivity contribution in [3.8, 4) is 0 Å². The van der Waals surface area contributed by atoms with E-state index in [2.05, 4.69) is 5.32 Å². The molecule has 0 fully saturated rings. The zero-order valence-electron chi connectivity index (χ0n) is 12.5. The first-order chi connectivity index (χ1) is 10.0. The number of hydrogen-bond acceptors (Lipinski definition) is 3. The first-order valence-corrected chi connectivity index (χ1v) is 7.39. The number of carbonyl (C=O) groups is 2. The van der Waals surface area contributed by atoms with Gasteiger partial charge in [-0.1, -0.05) is 25.1 Å². The van der Waals surface area contributed by atoms with E-state index >= 15 is 0 Å². The minimum absolute atomic E-state index is 0.0577. The number of carboxylic acids is 1. The zero-order valence-corrected chi connectivity index (χ0v) is 12.5. The number of nitrogens with zero attached hydrogens (tertiary/aromatic N) is 1. The van der Waals surface area contributed by atoms with Crippen LogP contribution in [0.1, 0.15) is 25.8 Å². The molecule has 1 heterocycles. The Morgan fingerprint density at radius 1 is 1.43 bits per heavy atom. The summed E-state index contributed by atoms with van der Waals surface area (Å²) >= 11 is 0. The van der Waals surface area contributed by atoms with Gasteiger partial charge in [-0.3, -0.25) is 9.59 Å². The van der Waals surface area contributed by atoms with Gasteiger partial charge in [-0.15, -0.1) is 0 Å². The summed E-state index contributed by atoms with van der Waals surface area (Å²) in [5.41, 5.74) is 1.96. The molecule has 0 spiro atoms. The van der Waals surface area contributed by atoms with Gasteiger partial charge in [-0.05, 0) is 31.4 Å². The summed E-state index contributed by atoms with van der Waals surface area (Å²) in [6, 6.07) is 7.34. The fraction of sp³-hybridized carbons (Fsp3) is 0.500. The van der Waals surface area contributed by atoms with Gasteiger partial charge in [0.2, 0.25) is 5.91 Å². The van der Waals surface area contributed by atoms with Crippen molar-refractivity contribution in [1.29, 1.82) is 0 Å². The summed E-state index contributed by atoms with van der Waals surface area (Å²) in [4.78, 5) is 25.4. The molecule has 0 bridgehead atoms. The highest BCUT2D eigenvalue weighted by Gasteiger charge is 2.33. The third kappa shape index (κ3) is 3.35. The average molecular weight is 290 g/mol. The second kappa shape index (κ2) is 6.61. The van der Waals surface area contributed by atoms with E-state index in [1.54, 1.807) is 0 Å². The molecule has 1 amide bonds. The second-order valence-corrected chi connectivity index (χ2v) is 5.49. The van der Waals surface area contributed by atoms with Gasteiger partial charge < -0.3 is 15.3 Å². The van der Waals surface area contributed by atoms with Crippen molar-refractivity contribution in [2.75, 3.05) is 18.0 Å². The maximum atomic E-state index is 12.2. The summed E-state index contributed by atoms with van der Waals surface area (Å²) in [6.07, 6.45) is 1.40. The molecule has 2 atom stereocenters. The number of amides is 1. The molecule has 0 aromatic heterocycles. The van der Waals surface area contributed by atoms with E-state index in [0.29, 0.717) is 19.5 Å². The molecular formula is C16H22N2O3. The Kier molecular flexibility index (Phi) is 4.83. The quantitative estimate of drug-likeness (QED) is 0.865. The van der Waals surface area contributed by atoms with E-state index in [1.165, 1.54) is 0 Å². The van der Waals surface area contributed by atoms with Crippen LogP contribution in [0.4, 0.5) is 5.69 Å². The molecule has 2 N–H and O–H groups in total. The Morgan fingerprint density at radius 2 is 2.14 bits per heavy atom. The van der Waals surface area contributed by atoms with E-state index in [9.17, 15) is 14.7 Å². The van der Waals surface area contributed by atoms with Crippen LogP contribution in [0.2, 0.25) is 0 Å². The summed E-state index contributed by atoms with van der Waals surface area (Å²) in [5, 5.41) is 12.2. The Balaban J connectivity index is 2.24. The fourth-order valence-corrected chi connectivity index (χ4v) is 2.70. The normalized spacial score (nSPS) is 18.8. The summed E-state index contributed by atoms with van der Waals surface area (Å²) in [5.74, 6) is -1.34. The lowest BCUT2D eigenvalue weighted by Crippen LogP contribution is -2.50. The first-order valence-electron chi connectivity index (χ1n) is 7.39. The monoisotopic (exact) mass is 290 g/mol. The standard InChI is InChI=1S/C16H22N2O3/c1-3-8-17-15(19)11(2)18-10-13(16(20)21)9-12-6-4-5-7-14(12)18/h4-7,11,13H,3,8-10H2,1-2H3,(H,17,19)(H,20,21). The molecule has 0 saturated heterocycles. The highest BCUT2D eigenvalue weighted by Crippen LogP contribution is 2.31. The predicted molar refractivity (Wildman–Crippen MR) is 81.4 cm³/mol. The van der Waals surface area contributed by atoms with Gasteiger partial charge in [0, 0.05) is 18.8 Å². The molecule has 0 saturated carbocycles. The van der Waals surface area contributed by atoms with Crippen molar-refractivity contribution in [2.45, 2.75) is 32.7 Å². The van der Waals surface area contributed by atoms with Crippen molar-refractivity contribution in [3.63, 3.8) is 0 Å². The molecule has 1 aliphatic rings. The third-order valence-corrected chi connectivity index (χ3v) is 3.93. The minimum atomic E-state index is -0.810. The zero-order chi connectivity index (χ0) is 15.4. The largest absolute Gasteiger partial charge is 0.481 e. The van der Waals surface area contributed by atoms with Crippen molar-refractivity contribution < 1.29 is 14.7 Å². The number of nitrogens with one attached hydrogen (secondary N) is 1. The highest BCUT2D eigenvalue weighted by molar-refractivity contribution is 5.86. The predicted octanol–water partition coefficient (Wildman–Crippen LogP) is 1.66. The van der Waals surface area contributed by atoms with Crippen LogP contribution in [0, 0.1) is 5.92 Å². The van der Waals surface area contributed by atoms with Crippen LogP contribution in [-0.2, 0) is 16.0 Å². The van der Waals surface area contributed by atoms with Gasteiger partial charge in [-0.25, -0.2) is 0 Å². The van der Waals surface area contributed by atoms with E-state index in [-0.39, 0.29) is 11.9 Å². The summed E-state index contributed by atoms with van der Waals surface area (Å²) < 4.78 is 0. The number of carboxylic acid groups (broad SMARTS) is 1. The Hall–Kier alpha value is -2.04. The van der Waals surface area contributed by atoms with Gasteiger partial charge in [0.05, 0.1) is 5.92 Å². The van der Waals surface area contributed by atoms with Gasteiger partial charge >= 0.3 is 5.97 Å². The molecule has 0 aliphatic carbocycles. The molecule has 21 heavy (non-hydrogen) atoms. The molecule has 2 rings (SSSR count). The number of carbonyl (C=O) groups excluding carboxylic acids is 1. The fourth-order valence-electron chi connectivity index (χ4n) is 2.70. The summed E-state index contributed by atoms with van der Waals surface area (Å²) in [6.45, 7) is 4.84. The van der Waals surface area contributed by atoms with Crippen LogP contribution in [0.15, 0.2) is 24.3 Å². The lowest BCUT2D eigenvalue weighted by molar-refractivity contribution is -0.141. The van der Waals surface area contributed by atoms with E-state index < -0.39 is 11.9 Å². The number of anilines is 1. The van der Waals surface area contributed by atoms with E-state index in [1.807, 2.05) is 43.0 Å². The smallest absolute Gasteiger partial charge is 0.308 e. The van der Waals surface area contributed by atoms with Crippen molar-refractivity contribution in [3.05, 3.63) is 29.8 Å². The molecule has 1 aromatic carbocycles. The maximum absolute atomic E-state index is 12.2. The lowest BCUT2D eigenvalue weighted by atomic mass is 9.91. The van der Waals surface area contributed by atoms with Crippen LogP contribution in [0.25, 0.3) is 0 Å². The van der Waals surface area contributed by atoms with Crippen LogP contribution in [0.5, 0.6) is 0 Å². The lowest BCUT2D eigenvalue weighted by Gasteiger charge is -2.38. The third-order valence-electron chi connectivity index (χ3n) is 3.93. The van der Waals surface area contributed by atoms with Gasteiger partial charge in [0.15, 0.2) is 0 Å². The van der Waals surface area contributed by atoms with Crippen molar-refractivity contribution in [1.82, 2.24) is 5.32 Å². The average Bonchev–Trinajstić information content (AvgIpc) is 2.50. The van der Waals surface area contributed by atoms with Gasteiger partial charge in [-0.2, -0.15) is 0 Å². The summed E-state index contributed by atoms with van der Waals surface area (Å²) in [7, 11) is 0. The van der Waals surface area contributed by atoms with Gasteiger partial charge in [0.1, 0.15) is 6.04 Å². The number of para-hydroxylation sites is 1. The molecule has 1 aromatic rings. The van der Waals surface area contributed by atoms with Crippen LogP contribution in [-0.4, -0.2) is 36.1 Å². The number of fused-ring (bicyclic) bond motifs is 1. The maximum Gasteiger partial charge on any atom is 0.308 e. The van der Waals surface area contributed by atoms with Crippen molar-refractivity contribution in [2.24, 2.45) is 5.92 Å². The van der Waals surface area contributed by atoms with Crippen molar-refractivity contribution >= 4 is 17.6 Å². The van der Waals surface area contributed by atoms with Crippen LogP contribution < -0.4 is 10.2 Å². The Bertz CT molecular complexity index is 530. The number of benzene rings is 1. The Labute approximate surface area is 125 Å². The molecule has 1 aliphatic heterocycles. The second-order valence-electron chi connectivity index (χ2n) is 5.49. The molecule has 5 nitrogen and oxygen atoms in total.